The molecule has 8 heteroatoms. The molecule has 0 heterocycles. The van der Waals surface area contributed by atoms with Gasteiger partial charge in [0.05, 0.1) is 0 Å². The van der Waals surface area contributed by atoms with E-state index in [4.69, 9.17) is 4.74 Å². The van der Waals surface area contributed by atoms with Crippen LogP contribution in [0.4, 0.5) is 11.4 Å². The predicted octanol–water partition coefficient (Wildman–Crippen LogP) is 3.94. The van der Waals surface area contributed by atoms with Crippen molar-refractivity contribution in [2.24, 2.45) is 0 Å². The van der Waals surface area contributed by atoms with Crippen molar-refractivity contribution in [3.8, 4) is 0 Å². The number of nitrogens with one attached hydrogen (secondary N) is 2. The first-order valence-electron chi connectivity index (χ1n) is 8.95. The third-order valence-corrected chi connectivity index (χ3v) is 4.38. The van der Waals surface area contributed by atoms with Crippen LogP contribution in [0.3, 0.4) is 0 Å². The molecule has 0 aliphatic heterocycles. The van der Waals surface area contributed by atoms with Crippen LogP contribution < -0.4 is 10.6 Å². The van der Waals surface area contributed by atoms with Crippen LogP contribution in [0.15, 0.2) is 53.0 Å². The Kier molecular flexibility index (Phi) is 8.54. The van der Waals surface area contributed by atoms with Crippen LogP contribution in [0.2, 0.25) is 0 Å². The first-order chi connectivity index (χ1) is 13.8. The van der Waals surface area contributed by atoms with Crippen LogP contribution in [0, 0.1) is 0 Å². The van der Waals surface area contributed by atoms with Gasteiger partial charge >= 0.3 is 5.97 Å². The third kappa shape index (κ3) is 8.27. The number of rotatable bonds is 9. The summed E-state index contributed by atoms with van der Waals surface area (Å²) in [5.74, 6) is -1.28. The summed E-state index contributed by atoms with van der Waals surface area (Å²) < 4.78 is 5.80. The molecule has 2 amide bonds. The predicted molar refractivity (Wildman–Crippen MR) is 113 cm³/mol. The fourth-order valence-electron chi connectivity index (χ4n) is 2.35. The first kappa shape index (κ1) is 22.3. The minimum absolute atomic E-state index is 0.0300. The van der Waals surface area contributed by atoms with Crippen LogP contribution in [0.1, 0.15) is 36.5 Å². The molecule has 29 heavy (non-hydrogen) atoms. The van der Waals surface area contributed by atoms with Crippen LogP contribution in [0.25, 0.3) is 0 Å². The smallest absolute Gasteiger partial charge is 0.306 e. The third-order valence-electron chi connectivity index (χ3n) is 3.85. The molecule has 152 valence electrons. The molecule has 2 aromatic rings. The van der Waals surface area contributed by atoms with Crippen molar-refractivity contribution in [1.82, 2.24) is 0 Å². The lowest BCUT2D eigenvalue weighted by atomic mass is 10.1. The van der Waals surface area contributed by atoms with Crippen LogP contribution >= 0.6 is 15.9 Å². The number of amides is 2. The van der Waals surface area contributed by atoms with Crippen LogP contribution in [-0.4, -0.2) is 30.2 Å². The highest BCUT2D eigenvalue weighted by Crippen LogP contribution is 2.14. The number of esters is 1. The lowest BCUT2D eigenvalue weighted by Crippen LogP contribution is -2.21. The molecule has 0 bridgehead atoms. The average molecular weight is 461 g/mol. The summed E-state index contributed by atoms with van der Waals surface area (Å²) in [6.45, 7) is 1.08. The van der Waals surface area contributed by atoms with Crippen LogP contribution in [-0.2, 0) is 19.1 Å². The molecule has 0 aliphatic carbocycles. The summed E-state index contributed by atoms with van der Waals surface area (Å²) in [5, 5.41) is 5.31. The lowest BCUT2D eigenvalue weighted by Gasteiger charge is -2.07. The Bertz CT molecular complexity index is 879. The molecule has 0 aliphatic rings. The van der Waals surface area contributed by atoms with E-state index in [2.05, 4.69) is 26.6 Å². The van der Waals surface area contributed by atoms with Crippen molar-refractivity contribution in [3.63, 3.8) is 0 Å². The number of ether oxygens (including phenoxy) is 1. The second-order valence-corrected chi connectivity index (χ2v) is 7.17. The van der Waals surface area contributed by atoms with Gasteiger partial charge in [-0.2, -0.15) is 0 Å². The summed E-state index contributed by atoms with van der Waals surface area (Å²) in [5.41, 5.74) is 1.74. The Balaban J connectivity index is 1.63. The van der Waals surface area contributed by atoms with E-state index < -0.39 is 11.9 Å². The maximum absolute atomic E-state index is 11.9. The van der Waals surface area contributed by atoms with E-state index in [-0.39, 0.29) is 31.1 Å². The number of anilines is 2. The largest absolute Gasteiger partial charge is 0.456 e. The Morgan fingerprint density at radius 2 is 1.38 bits per heavy atom. The fourth-order valence-corrected chi connectivity index (χ4v) is 2.62. The number of benzene rings is 2. The summed E-state index contributed by atoms with van der Waals surface area (Å²) in [4.78, 5) is 46.6. The number of carbonyl (C=O) groups is 4. The number of hydrogen-bond donors (Lipinski definition) is 2. The zero-order chi connectivity index (χ0) is 21.2. The van der Waals surface area contributed by atoms with Crippen molar-refractivity contribution in [3.05, 3.63) is 58.6 Å². The zero-order valence-corrected chi connectivity index (χ0v) is 17.5. The van der Waals surface area contributed by atoms with Crippen molar-refractivity contribution in [2.45, 2.75) is 26.2 Å². The van der Waals surface area contributed by atoms with E-state index in [0.29, 0.717) is 23.4 Å². The van der Waals surface area contributed by atoms with Gasteiger partial charge in [-0.1, -0.05) is 15.9 Å². The van der Waals surface area contributed by atoms with E-state index in [1.54, 1.807) is 48.5 Å². The number of Topliss-reactive ketones (excluding diaryl/α,β-unsaturated/α-hetero) is 1. The van der Waals surface area contributed by atoms with Crippen molar-refractivity contribution < 1.29 is 23.9 Å². The van der Waals surface area contributed by atoms with Gasteiger partial charge in [0, 0.05) is 34.3 Å². The van der Waals surface area contributed by atoms with Gasteiger partial charge in [-0.15, -0.1) is 0 Å². The van der Waals surface area contributed by atoms with Gasteiger partial charge in [0.1, 0.15) is 0 Å². The Morgan fingerprint density at radius 1 is 0.828 bits per heavy atom. The van der Waals surface area contributed by atoms with Gasteiger partial charge in [0.25, 0.3) is 5.91 Å². The van der Waals surface area contributed by atoms with Gasteiger partial charge < -0.3 is 15.4 Å². The molecule has 0 fully saturated rings. The fraction of sp³-hybridized carbons (Fsp3) is 0.238. The first-order valence-corrected chi connectivity index (χ1v) is 9.74. The minimum atomic E-state index is -0.547. The molecule has 0 saturated heterocycles. The highest BCUT2D eigenvalue weighted by Gasteiger charge is 2.10. The van der Waals surface area contributed by atoms with E-state index in [0.717, 1.165) is 4.47 Å². The normalized spacial score (nSPS) is 10.1. The highest BCUT2D eigenvalue weighted by atomic mass is 79.9. The van der Waals surface area contributed by atoms with E-state index >= 15 is 0 Å². The van der Waals surface area contributed by atoms with E-state index in [1.165, 1.54) is 6.92 Å². The van der Waals surface area contributed by atoms with E-state index in [1.807, 2.05) is 0 Å². The highest BCUT2D eigenvalue weighted by molar-refractivity contribution is 9.10. The standard InChI is InChI=1S/C21H21BrN2O5/c1-14(25)15-5-9-17(10-6-15)23-19(26)3-2-4-21(28)29-13-20(27)24-18-11-7-16(22)8-12-18/h5-12H,2-4,13H2,1H3,(H,23,26)(H,24,27). The number of halogens is 1. The van der Waals surface area contributed by atoms with Crippen LogP contribution in [0.5, 0.6) is 0 Å². The molecular weight excluding hydrogens is 440 g/mol. The molecule has 7 nitrogen and oxygen atoms in total. The van der Waals surface area contributed by atoms with Gasteiger partial charge in [0.15, 0.2) is 12.4 Å². The minimum Gasteiger partial charge on any atom is -0.456 e. The maximum Gasteiger partial charge on any atom is 0.306 e. The molecular formula is C21H21BrN2O5. The maximum atomic E-state index is 11.9. The van der Waals surface area contributed by atoms with Gasteiger partial charge in [-0.3, -0.25) is 19.2 Å². The monoisotopic (exact) mass is 460 g/mol. The van der Waals surface area contributed by atoms with Crippen molar-refractivity contribution >= 4 is 50.9 Å². The summed E-state index contributed by atoms with van der Waals surface area (Å²) >= 11 is 3.30. The van der Waals surface area contributed by atoms with Gasteiger partial charge in [-0.25, -0.2) is 0 Å². The molecule has 2 N–H and O–H groups in total. The molecule has 2 rings (SSSR count). The van der Waals surface area contributed by atoms with Crippen molar-refractivity contribution in [1.29, 1.82) is 0 Å². The quantitative estimate of drug-likeness (QED) is 0.435. The second-order valence-electron chi connectivity index (χ2n) is 6.25. The lowest BCUT2D eigenvalue weighted by molar-refractivity contribution is -0.147. The van der Waals surface area contributed by atoms with Crippen molar-refractivity contribution in [2.75, 3.05) is 17.2 Å². The molecule has 0 radical (unpaired) electrons. The average Bonchev–Trinajstić information content (AvgIpc) is 2.68. The van der Waals surface area contributed by atoms with Gasteiger partial charge in [0.2, 0.25) is 5.91 Å². The zero-order valence-electron chi connectivity index (χ0n) is 15.9. The molecule has 0 aromatic heterocycles. The van der Waals surface area contributed by atoms with E-state index in [9.17, 15) is 19.2 Å². The SMILES string of the molecule is CC(=O)c1ccc(NC(=O)CCCC(=O)OCC(=O)Nc2ccc(Br)cc2)cc1. The molecule has 0 atom stereocenters. The van der Waals surface area contributed by atoms with Gasteiger partial charge in [-0.05, 0) is 61.9 Å². The summed E-state index contributed by atoms with van der Waals surface area (Å²) in [6, 6.07) is 13.6. The molecule has 0 spiro atoms. The number of carbonyl (C=O) groups excluding carboxylic acids is 4. The Labute approximate surface area is 176 Å². The summed E-state index contributed by atoms with van der Waals surface area (Å²) in [7, 11) is 0. The second kappa shape index (κ2) is 11.1. The number of ketones is 1. The number of hydrogen-bond acceptors (Lipinski definition) is 5. The molecule has 0 unspecified atom stereocenters. The molecule has 0 saturated carbocycles. The molecule has 2 aromatic carbocycles. The summed E-state index contributed by atoms with van der Waals surface area (Å²) in [6.07, 6.45) is 0.460. The Morgan fingerprint density at radius 3 is 1.97 bits per heavy atom. The Hall–Kier alpha value is -3.00. The topological polar surface area (TPSA) is 102 Å².